The Kier molecular flexibility index (Phi) is 5.98. The lowest BCUT2D eigenvalue weighted by atomic mass is 10.1. The van der Waals surface area contributed by atoms with Gasteiger partial charge >= 0.3 is 0 Å². The second-order valence-electron chi connectivity index (χ2n) is 5.09. The lowest BCUT2D eigenvalue weighted by molar-refractivity contribution is -0.123. The summed E-state index contributed by atoms with van der Waals surface area (Å²) in [5, 5.41) is 14.6. The second kappa shape index (κ2) is 7.96. The fourth-order valence-corrected chi connectivity index (χ4v) is 2.83. The maximum atomic E-state index is 11.8. The Morgan fingerprint density at radius 2 is 2.05 bits per heavy atom. The largest absolute Gasteiger partial charge is 0.484 e. The third-order valence-electron chi connectivity index (χ3n) is 3.44. The minimum Gasteiger partial charge on any atom is -0.484 e. The topological polar surface area (TPSA) is 58.6 Å². The van der Waals surface area contributed by atoms with Gasteiger partial charge in [-0.3, -0.25) is 4.79 Å². The first-order valence-corrected chi connectivity index (χ1v) is 8.18. The number of hydrogen-bond acceptors (Lipinski definition) is 4. The van der Waals surface area contributed by atoms with Crippen molar-refractivity contribution in [1.29, 1.82) is 0 Å². The van der Waals surface area contributed by atoms with Crippen LogP contribution in [-0.2, 0) is 11.3 Å². The third kappa shape index (κ3) is 4.58. The second-order valence-corrected chi connectivity index (χ2v) is 6.09. The summed E-state index contributed by atoms with van der Waals surface area (Å²) >= 11 is 1.63. The van der Waals surface area contributed by atoms with Gasteiger partial charge in [-0.2, -0.15) is 0 Å². The van der Waals surface area contributed by atoms with E-state index in [1.807, 2.05) is 37.4 Å². The number of amides is 1. The summed E-state index contributed by atoms with van der Waals surface area (Å²) in [4.78, 5) is 12.9. The molecule has 22 heavy (non-hydrogen) atoms. The van der Waals surface area contributed by atoms with Gasteiger partial charge in [-0.05, 0) is 48.1 Å². The van der Waals surface area contributed by atoms with E-state index < -0.39 is 6.10 Å². The summed E-state index contributed by atoms with van der Waals surface area (Å²) in [6.07, 6.45) is 0.219. The monoisotopic (exact) mass is 319 g/mol. The van der Waals surface area contributed by atoms with E-state index in [0.29, 0.717) is 18.7 Å². The van der Waals surface area contributed by atoms with Gasteiger partial charge in [0.15, 0.2) is 6.61 Å². The van der Waals surface area contributed by atoms with Crippen molar-refractivity contribution < 1.29 is 14.6 Å². The number of carbonyl (C=O) groups excluding carboxylic acids is 1. The zero-order chi connectivity index (χ0) is 15.9. The zero-order valence-electron chi connectivity index (χ0n) is 12.8. The van der Waals surface area contributed by atoms with Gasteiger partial charge in [0.05, 0.1) is 12.6 Å². The third-order valence-corrected chi connectivity index (χ3v) is 4.46. The summed E-state index contributed by atoms with van der Waals surface area (Å²) in [6.45, 7) is 4.48. The Balaban J connectivity index is 1.77. The first-order valence-electron chi connectivity index (χ1n) is 7.30. The van der Waals surface area contributed by atoms with E-state index in [4.69, 9.17) is 4.74 Å². The standard InChI is InChI=1S/C17H21NO3S/c1-3-15(19)13-4-6-14(7-5-13)21-11-17(20)18-10-16-12(2)8-9-22-16/h4-9,15,19H,3,10-11H2,1-2H3,(H,18,20)/t15-/m0/s1. The lowest BCUT2D eigenvalue weighted by Gasteiger charge is -2.10. The number of benzene rings is 1. The van der Waals surface area contributed by atoms with E-state index in [0.717, 1.165) is 10.4 Å². The molecule has 2 aromatic rings. The molecule has 5 heteroatoms. The molecule has 0 spiro atoms. The molecule has 1 aromatic carbocycles. The molecule has 1 aromatic heterocycles. The number of aliphatic hydroxyl groups is 1. The number of aryl methyl sites for hydroxylation is 1. The van der Waals surface area contributed by atoms with E-state index in [1.165, 1.54) is 5.56 Å². The maximum absolute atomic E-state index is 11.8. The van der Waals surface area contributed by atoms with Crippen molar-refractivity contribution >= 4 is 17.2 Å². The lowest BCUT2D eigenvalue weighted by Crippen LogP contribution is -2.28. The fourth-order valence-electron chi connectivity index (χ4n) is 1.99. The Hall–Kier alpha value is -1.85. The van der Waals surface area contributed by atoms with Gasteiger partial charge in [-0.25, -0.2) is 0 Å². The molecule has 1 atom stereocenters. The molecule has 0 bridgehead atoms. The molecule has 0 unspecified atom stereocenters. The molecular formula is C17H21NO3S. The van der Waals surface area contributed by atoms with Crippen LogP contribution in [-0.4, -0.2) is 17.6 Å². The highest BCUT2D eigenvalue weighted by atomic mass is 32.1. The first-order chi connectivity index (χ1) is 10.6. The quantitative estimate of drug-likeness (QED) is 0.824. The zero-order valence-corrected chi connectivity index (χ0v) is 13.7. The van der Waals surface area contributed by atoms with Gasteiger partial charge in [0, 0.05) is 4.88 Å². The summed E-state index contributed by atoms with van der Waals surface area (Å²) in [6, 6.07) is 9.21. The van der Waals surface area contributed by atoms with E-state index in [2.05, 4.69) is 5.32 Å². The van der Waals surface area contributed by atoms with Crippen molar-refractivity contribution in [1.82, 2.24) is 5.32 Å². The molecule has 0 aliphatic heterocycles. The molecule has 0 saturated carbocycles. The fraction of sp³-hybridized carbons (Fsp3) is 0.353. The van der Waals surface area contributed by atoms with Crippen LogP contribution in [0.25, 0.3) is 0 Å². The number of hydrogen-bond donors (Lipinski definition) is 2. The van der Waals surface area contributed by atoms with Gasteiger partial charge < -0.3 is 15.2 Å². The summed E-state index contributed by atoms with van der Waals surface area (Å²) in [7, 11) is 0. The van der Waals surface area contributed by atoms with E-state index in [-0.39, 0.29) is 12.5 Å². The maximum Gasteiger partial charge on any atom is 0.258 e. The van der Waals surface area contributed by atoms with Crippen molar-refractivity contribution in [3.63, 3.8) is 0 Å². The predicted molar refractivity (Wildman–Crippen MR) is 88.1 cm³/mol. The van der Waals surface area contributed by atoms with Gasteiger partial charge in [0.1, 0.15) is 5.75 Å². The first kappa shape index (κ1) is 16.5. The van der Waals surface area contributed by atoms with Gasteiger partial charge in [-0.15, -0.1) is 11.3 Å². The highest BCUT2D eigenvalue weighted by Crippen LogP contribution is 2.19. The summed E-state index contributed by atoms with van der Waals surface area (Å²) in [5.74, 6) is 0.472. The highest BCUT2D eigenvalue weighted by Gasteiger charge is 2.07. The molecule has 0 aliphatic rings. The van der Waals surface area contributed by atoms with Crippen molar-refractivity contribution in [2.75, 3.05) is 6.61 Å². The normalized spacial score (nSPS) is 12.0. The van der Waals surface area contributed by atoms with Crippen molar-refractivity contribution in [2.24, 2.45) is 0 Å². The minimum absolute atomic E-state index is 0.0138. The summed E-state index contributed by atoms with van der Waals surface area (Å²) in [5.41, 5.74) is 2.05. The molecule has 4 nitrogen and oxygen atoms in total. The van der Waals surface area contributed by atoms with Crippen LogP contribution in [0.3, 0.4) is 0 Å². The number of carbonyl (C=O) groups is 1. The average molecular weight is 319 g/mol. The highest BCUT2D eigenvalue weighted by molar-refractivity contribution is 7.10. The Labute approximate surface area is 134 Å². The minimum atomic E-state index is -0.452. The van der Waals surface area contributed by atoms with Crippen LogP contribution >= 0.6 is 11.3 Å². The number of ether oxygens (including phenoxy) is 1. The Morgan fingerprint density at radius 3 is 2.64 bits per heavy atom. The number of nitrogens with one attached hydrogen (secondary N) is 1. The number of thiophene rings is 1. The van der Waals surface area contributed by atoms with Crippen molar-refractivity contribution in [3.05, 3.63) is 51.7 Å². The van der Waals surface area contributed by atoms with Crippen LogP contribution in [0.4, 0.5) is 0 Å². The molecule has 0 radical (unpaired) electrons. The molecule has 0 saturated heterocycles. The van der Waals surface area contributed by atoms with Crippen LogP contribution in [0.2, 0.25) is 0 Å². The van der Waals surface area contributed by atoms with E-state index >= 15 is 0 Å². The van der Waals surface area contributed by atoms with E-state index in [1.54, 1.807) is 23.5 Å². The van der Waals surface area contributed by atoms with Gasteiger partial charge in [-0.1, -0.05) is 19.1 Å². The SMILES string of the molecule is CC[C@H](O)c1ccc(OCC(=O)NCc2sccc2C)cc1. The molecule has 1 amide bonds. The smallest absolute Gasteiger partial charge is 0.258 e. The molecule has 0 fully saturated rings. The van der Waals surface area contributed by atoms with E-state index in [9.17, 15) is 9.90 Å². The average Bonchev–Trinajstić information content (AvgIpc) is 2.95. The van der Waals surface area contributed by atoms with Gasteiger partial charge in [0.2, 0.25) is 0 Å². The van der Waals surface area contributed by atoms with Crippen LogP contribution in [0.5, 0.6) is 5.75 Å². The van der Waals surface area contributed by atoms with Crippen molar-refractivity contribution in [2.45, 2.75) is 32.9 Å². The van der Waals surface area contributed by atoms with Crippen LogP contribution < -0.4 is 10.1 Å². The van der Waals surface area contributed by atoms with Crippen molar-refractivity contribution in [3.8, 4) is 5.75 Å². The Bertz CT molecular complexity index is 607. The molecule has 0 aliphatic carbocycles. The molecular weight excluding hydrogens is 298 g/mol. The van der Waals surface area contributed by atoms with Gasteiger partial charge in [0.25, 0.3) is 5.91 Å². The Morgan fingerprint density at radius 1 is 1.32 bits per heavy atom. The predicted octanol–water partition coefficient (Wildman–Crippen LogP) is 3.20. The molecule has 2 N–H and O–H groups in total. The summed E-state index contributed by atoms with van der Waals surface area (Å²) < 4.78 is 5.45. The van der Waals surface area contributed by atoms with Crippen LogP contribution in [0.1, 0.15) is 35.5 Å². The molecule has 118 valence electrons. The molecule has 1 heterocycles. The van der Waals surface area contributed by atoms with Crippen LogP contribution in [0, 0.1) is 6.92 Å². The number of aliphatic hydroxyl groups excluding tert-OH is 1. The molecule has 2 rings (SSSR count). The van der Waals surface area contributed by atoms with Crippen LogP contribution in [0.15, 0.2) is 35.7 Å². The number of rotatable bonds is 7.